The molecule has 1 amide bonds. The number of Topliss-reactive ketones (excluding diaryl/α,β-unsaturated/α-hetero) is 1. The van der Waals surface area contributed by atoms with Crippen molar-refractivity contribution in [2.24, 2.45) is 0 Å². The molecule has 0 aliphatic heterocycles. The number of unbranched alkanes of at least 4 members (excludes halogenated alkanes) is 1. The second kappa shape index (κ2) is 7.48. The van der Waals surface area contributed by atoms with Crippen molar-refractivity contribution in [3.8, 4) is 5.75 Å². The fourth-order valence-corrected chi connectivity index (χ4v) is 1.59. The summed E-state index contributed by atoms with van der Waals surface area (Å²) in [6.07, 6.45) is 2.52. The number of carbonyl (C=O) groups is 2. The van der Waals surface area contributed by atoms with Crippen molar-refractivity contribution >= 4 is 11.7 Å². The van der Waals surface area contributed by atoms with Crippen LogP contribution in [-0.4, -0.2) is 23.3 Å². The number of benzene rings is 1. The van der Waals surface area contributed by atoms with Crippen LogP contribution in [-0.2, 0) is 16.0 Å². The molecule has 18 heavy (non-hydrogen) atoms. The number of phenols is 1. The maximum absolute atomic E-state index is 11.6. The van der Waals surface area contributed by atoms with Gasteiger partial charge in [0.05, 0.1) is 6.42 Å². The Balaban J connectivity index is 2.17. The Morgan fingerprint density at radius 3 is 2.44 bits per heavy atom. The Morgan fingerprint density at radius 1 is 1.17 bits per heavy atom. The van der Waals surface area contributed by atoms with Gasteiger partial charge in [-0.05, 0) is 37.5 Å². The van der Waals surface area contributed by atoms with E-state index in [-0.39, 0.29) is 17.4 Å². The molecule has 4 nitrogen and oxygen atoms in total. The molecule has 0 fully saturated rings. The third-order valence-electron chi connectivity index (χ3n) is 2.58. The van der Waals surface area contributed by atoms with Crippen LogP contribution in [0.5, 0.6) is 5.75 Å². The van der Waals surface area contributed by atoms with Crippen molar-refractivity contribution in [2.75, 3.05) is 6.54 Å². The maximum atomic E-state index is 11.6. The van der Waals surface area contributed by atoms with Crippen LogP contribution in [0.3, 0.4) is 0 Å². The van der Waals surface area contributed by atoms with E-state index in [0.29, 0.717) is 19.4 Å². The first-order valence-electron chi connectivity index (χ1n) is 6.12. The Morgan fingerprint density at radius 2 is 1.83 bits per heavy atom. The Bertz CT molecular complexity index is 398. The fraction of sp³-hybridized carbons (Fsp3) is 0.429. The Labute approximate surface area is 107 Å². The second-order valence-corrected chi connectivity index (χ2v) is 4.35. The van der Waals surface area contributed by atoms with Gasteiger partial charge >= 0.3 is 0 Å². The summed E-state index contributed by atoms with van der Waals surface area (Å²) in [5.41, 5.74) is 0.869. The topological polar surface area (TPSA) is 66.4 Å². The number of aromatic hydroxyl groups is 1. The van der Waals surface area contributed by atoms with Gasteiger partial charge in [-0.2, -0.15) is 0 Å². The summed E-state index contributed by atoms with van der Waals surface area (Å²) in [7, 11) is 0. The smallest absolute Gasteiger partial charge is 0.224 e. The van der Waals surface area contributed by atoms with Crippen molar-refractivity contribution in [3.05, 3.63) is 29.8 Å². The molecule has 98 valence electrons. The van der Waals surface area contributed by atoms with E-state index in [1.54, 1.807) is 31.2 Å². The standard InChI is InChI=1S/C14H19NO3/c1-11(16)4-2-3-9-15-14(18)10-12-5-7-13(17)8-6-12/h5-8,17H,2-4,9-10H2,1H3,(H,15,18). The van der Waals surface area contributed by atoms with E-state index < -0.39 is 0 Å². The molecular weight excluding hydrogens is 230 g/mol. The van der Waals surface area contributed by atoms with Crippen LogP contribution in [0.4, 0.5) is 0 Å². The summed E-state index contributed by atoms with van der Waals surface area (Å²) in [6.45, 7) is 2.17. The number of nitrogens with one attached hydrogen (secondary N) is 1. The van der Waals surface area contributed by atoms with Gasteiger partial charge in [0, 0.05) is 13.0 Å². The van der Waals surface area contributed by atoms with E-state index in [1.165, 1.54) is 0 Å². The van der Waals surface area contributed by atoms with E-state index in [0.717, 1.165) is 18.4 Å². The van der Waals surface area contributed by atoms with Crippen LogP contribution in [0.1, 0.15) is 31.7 Å². The Kier molecular flexibility index (Phi) is 5.91. The fourth-order valence-electron chi connectivity index (χ4n) is 1.59. The minimum atomic E-state index is -0.0384. The highest BCUT2D eigenvalue weighted by Crippen LogP contribution is 2.09. The summed E-state index contributed by atoms with van der Waals surface area (Å²) < 4.78 is 0. The quantitative estimate of drug-likeness (QED) is 0.724. The molecule has 1 rings (SSSR count). The lowest BCUT2D eigenvalue weighted by Gasteiger charge is -2.05. The first kappa shape index (κ1) is 14.2. The number of hydrogen-bond acceptors (Lipinski definition) is 3. The monoisotopic (exact) mass is 249 g/mol. The average molecular weight is 249 g/mol. The molecule has 1 aromatic rings. The summed E-state index contributed by atoms with van der Waals surface area (Å²) in [6, 6.07) is 6.58. The molecule has 0 radical (unpaired) electrons. The number of carbonyl (C=O) groups excluding carboxylic acids is 2. The molecule has 0 aliphatic rings. The zero-order chi connectivity index (χ0) is 13.4. The van der Waals surface area contributed by atoms with E-state index >= 15 is 0 Å². The van der Waals surface area contributed by atoms with Crippen LogP contribution in [0.15, 0.2) is 24.3 Å². The number of rotatable bonds is 7. The molecule has 0 bridgehead atoms. The highest BCUT2D eigenvalue weighted by molar-refractivity contribution is 5.78. The van der Waals surface area contributed by atoms with Gasteiger partial charge in [0.2, 0.25) is 5.91 Å². The van der Waals surface area contributed by atoms with Gasteiger partial charge in [-0.25, -0.2) is 0 Å². The van der Waals surface area contributed by atoms with Gasteiger partial charge in [-0.15, -0.1) is 0 Å². The van der Waals surface area contributed by atoms with E-state index in [1.807, 2.05) is 0 Å². The molecule has 2 N–H and O–H groups in total. The van der Waals surface area contributed by atoms with Gasteiger partial charge in [0.15, 0.2) is 0 Å². The number of phenolic OH excluding ortho intramolecular Hbond substituents is 1. The molecule has 0 aliphatic carbocycles. The summed E-state index contributed by atoms with van der Waals surface area (Å²) in [5.74, 6) is 0.345. The van der Waals surface area contributed by atoms with Gasteiger partial charge in [-0.3, -0.25) is 4.79 Å². The second-order valence-electron chi connectivity index (χ2n) is 4.35. The third-order valence-corrected chi connectivity index (χ3v) is 2.58. The third kappa shape index (κ3) is 6.03. The van der Waals surface area contributed by atoms with E-state index in [9.17, 15) is 9.59 Å². The first-order chi connectivity index (χ1) is 8.58. The lowest BCUT2D eigenvalue weighted by Crippen LogP contribution is -2.26. The normalized spacial score (nSPS) is 10.1. The van der Waals surface area contributed by atoms with Crippen molar-refractivity contribution in [2.45, 2.75) is 32.6 Å². The van der Waals surface area contributed by atoms with Crippen LogP contribution in [0.2, 0.25) is 0 Å². The lowest BCUT2D eigenvalue weighted by molar-refractivity contribution is -0.120. The minimum Gasteiger partial charge on any atom is -0.508 e. The molecule has 0 aromatic heterocycles. The molecule has 1 aromatic carbocycles. The van der Waals surface area contributed by atoms with Crippen molar-refractivity contribution < 1.29 is 14.7 Å². The summed E-state index contributed by atoms with van der Waals surface area (Å²) >= 11 is 0. The molecule has 0 unspecified atom stereocenters. The summed E-state index contributed by atoms with van der Waals surface area (Å²) in [5, 5.41) is 11.9. The van der Waals surface area contributed by atoms with Crippen molar-refractivity contribution in [1.29, 1.82) is 0 Å². The Hall–Kier alpha value is -1.84. The van der Waals surface area contributed by atoms with E-state index in [2.05, 4.69) is 5.32 Å². The van der Waals surface area contributed by atoms with Gasteiger partial charge in [0.25, 0.3) is 0 Å². The van der Waals surface area contributed by atoms with Gasteiger partial charge in [0.1, 0.15) is 11.5 Å². The maximum Gasteiger partial charge on any atom is 0.224 e. The molecule has 4 heteroatoms. The molecular formula is C14H19NO3. The highest BCUT2D eigenvalue weighted by Gasteiger charge is 2.02. The first-order valence-corrected chi connectivity index (χ1v) is 6.12. The molecule has 0 heterocycles. The SMILES string of the molecule is CC(=O)CCCCNC(=O)Cc1ccc(O)cc1. The predicted octanol–water partition coefficient (Wildman–Crippen LogP) is 1.81. The molecule has 0 saturated carbocycles. The average Bonchev–Trinajstić information content (AvgIpc) is 2.31. The largest absolute Gasteiger partial charge is 0.508 e. The van der Waals surface area contributed by atoms with Crippen molar-refractivity contribution in [1.82, 2.24) is 5.32 Å². The van der Waals surface area contributed by atoms with E-state index in [4.69, 9.17) is 5.11 Å². The van der Waals surface area contributed by atoms with Crippen LogP contribution >= 0.6 is 0 Å². The van der Waals surface area contributed by atoms with Crippen LogP contribution < -0.4 is 5.32 Å². The predicted molar refractivity (Wildman–Crippen MR) is 69.4 cm³/mol. The summed E-state index contributed by atoms with van der Waals surface area (Å²) in [4.78, 5) is 22.3. The number of amides is 1. The van der Waals surface area contributed by atoms with Crippen molar-refractivity contribution in [3.63, 3.8) is 0 Å². The van der Waals surface area contributed by atoms with Gasteiger partial charge in [-0.1, -0.05) is 12.1 Å². The molecule has 0 atom stereocenters. The minimum absolute atomic E-state index is 0.0384. The van der Waals surface area contributed by atoms with Crippen LogP contribution in [0, 0.1) is 0 Å². The van der Waals surface area contributed by atoms with Gasteiger partial charge < -0.3 is 15.2 Å². The molecule has 0 spiro atoms. The zero-order valence-corrected chi connectivity index (χ0v) is 10.6. The highest BCUT2D eigenvalue weighted by atomic mass is 16.3. The molecule has 0 saturated heterocycles. The lowest BCUT2D eigenvalue weighted by atomic mass is 10.1. The van der Waals surface area contributed by atoms with Crippen LogP contribution in [0.25, 0.3) is 0 Å². The number of hydrogen-bond donors (Lipinski definition) is 2. The zero-order valence-electron chi connectivity index (χ0n) is 10.6. The number of ketones is 1.